The van der Waals surface area contributed by atoms with E-state index in [4.69, 9.17) is 0 Å². The van der Waals surface area contributed by atoms with E-state index in [-0.39, 0.29) is 12.2 Å². The molecule has 2 aromatic carbocycles. The smallest absolute Gasteiger partial charge is 0.323 e. The summed E-state index contributed by atoms with van der Waals surface area (Å²) in [4.78, 5) is 27.7. The molecule has 32 heavy (non-hydrogen) atoms. The highest BCUT2D eigenvalue weighted by Gasteiger charge is 2.44. The number of nitrogens with one attached hydrogen (secondary N) is 1. The molecule has 1 aromatic heterocycles. The van der Waals surface area contributed by atoms with Gasteiger partial charge in [0.2, 0.25) is 18.3 Å². The Balaban J connectivity index is 1.82. The third kappa shape index (κ3) is 3.95. The maximum absolute atomic E-state index is 13.5. The summed E-state index contributed by atoms with van der Waals surface area (Å²) in [6.07, 6.45) is -2.90. The van der Waals surface area contributed by atoms with Gasteiger partial charge in [0.15, 0.2) is 6.20 Å². The normalized spacial score (nSPS) is 16.0. The van der Waals surface area contributed by atoms with Crippen LogP contribution in [0, 0.1) is 13.8 Å². The molecule has 8 heteroatoms. The first kappa shape index (κ1) is 21.5. The van der Waals surface area contributed by atoms with Crippen molar-refractivity contribution in [2.24, 2.45) is 0 Å². The Morgan fingerprint density at radius 1 is 1.03 bits per heavy atom. The zero-order valence-corrected chi connectivity index (χ0v) is 17.5. The second-order valence-corrected chi connectivity index (χ2v) is 7.72. The van der Waals surface area contributed by atoms with Crippen LogP contribution in [0.5, 0.6) is 0 Å². The molecule has 0 spiro atoms. The summed E-state index contributed by atoms with van der Waals surface area (Å²) < 4.78 is 41.6. The minimum Gasteiger partial charge on any atom is -0.323 e. The minimum absolute atomic E-state index is 0.0154. The van der Waals surface area contributed by atoms with Crippen molar-refractivity contribution in [3.63, 3.8) is 0 Å². The Hall–Kier alpha value is -3.68. The molecule has 1 atom stereocenters. The molecule has 1 N–H and O–H groups in total. The second-order valence-electron chi connectivity index (χ2n) is 7.72. The lowest BCUT2D eigenvalue weighted by molar-refractivity contribution is -0.695. The topological polar surface area (TPSA) is 53.3 Å². The van der Waals surface area contributed by atoms with Crippen LogP contribution >= 0.6 is 0 Å². The molecule has 2 heterocycles. The molecular formula is C24H21F3N3O2+. The average molecular weight is 440 g/mol. The number of alkyl halides is 3. The van der Waals surface area contributed by atoms with Crippen LogP contribution in [0.4, 0.5) is 24.5 Å². The molecule has 0 radical (unpaired) electrons. The molecule has 1 aliphatic rings. The lowest BCUT2D eigenvalue weighted by Crippen LogP contribution is -2.58. The average Bonchev–Trinajstić information content (AvgIpc) is 2.75. The number of hydrogen-bond donors (Lipinski definition) is 1. The van der Waals surface area contributed by atoms with Gasteiger partial charge in [0.25, 0.3) is 11.8 Å². The molecule has 0 bridgehead atoms. The third-order valence-corrected chi connectivity index (χ3v) is 5.52. The molecule has 0 saturated carbocycles. The number of benzene rings is 2. The zero-order valence-electron chi connectivity index (χ0n) is 17.5. The number of nitrogens with zero attached hydrogens (tertiary/aromatic N) is 2. The van der Waals surface area contributed by atoms with Crippen LogP contribution in [-0.2, 0) is 22.3 Å². The molecule has 5 nitrogen and oxygen atoms in total. The summed E-state index contributed by atoms with van der Waals surface area (Å²) >= 11 is 0. The van der Waals surface area contributed by atoms with E-state index < -0.39 is 29.6 Å². The SMILES string of the molecule is Cc1cccc(C)c1NC(=O)[C@H]1c2cccc[n+]2CC(=O)N1c1cccc(C(F)(F)F)c1. The highest BCUT2D eigenvalue weighted by Crippen LogP contribution is 2.35. The van der Waals surface area contributed by atoms with Crippen molar-refractivity contribution in [1.82, 2.24) is 0 Å². The van der Waals surface area contributed by atoms with E-state index in [1.165, 1.54) is 12.1 Å². The maximum atomic E-state index is 13.5. The Morgan fingerprint density at radius 2 is 1.72 bits per heavy atom. The van der Waals surface area contributed by atoms with Crippen molar-refractivity contribution in [2.45, 2.75) is 32.6 Å². The monoisotopic (exact) mass is 440 g/mol. The fourth-order valence-electron chi connectivity index (χ4n) is 3.96. The van der Waals surface area contributed by atoms with Gasteiger partial charge in [0, 0.05) is 23.5 Å². The highest BCUT2D eigenvalue weighted by atomic mass is 19.4. The van der Waals surface area contributed by atoms with Gasteiger partial charge in [0.1, 0.15) is 0 Å². The Bertz CT molecular complexity index is 1190. The van der Waals surface area contributed by atoms with E-state index >= 15 is 0 Å². The lowest BCUT2D eigenvalue weighted by Gasteiger charge is -2.32. The number of halogens is 3. The lowest BCUT2D eigenvalue weighted by atomic mass is 10.0. The Kier molecular flexibility index (Phi) is 5.46. The van der Waals surface area contributed by atoms with Crippen molar-refractivity contribution >= 4 is 23.2 Å². The van der Waals surface area contributed by atoms with Crippen LogP contribution in [-0.4, -0.2) is 11.8 Å². The Morgan fingerprint density at radius 3 is 2.41 bits per heavy atom. The van der Waals surface area contributed by atoms with Crippen LogP contribution in [0.2, 0.25) is 0 Å². The van der Waals surface area contributed by atoms with Gasteiger partial charge >= 0.3 is 6.18 Å². The second kappa shape index (κ2) is 8.11. The molecule has 0 unspecified atom stereocenters. The van der Waals surface area contributed by atoms with E-state index in [9.17, 15) is 22.8 Å². The number of hydrogen-bond acceptors (Lipinski definition) is 2. The molecule has 0 fully saturated rings. The molecule has 0 saturated heterocycles. The van der Waals surface area contributed by atoms with Gasteiger partial charge in [-0.25, -0.2) is 0 Å². The number of pyridine rings is 1. The van der Waals surface area contributed by atoms with Gasteiger partial charge in [-0.05, 0) is 43.2 Å². The predicted octanol–water partition coefficient (Wildman–Crippen LogP) is 4.34. The van der Waals surface area contributed by atoms with E-state index in [2.05, 4.69) is 5.32 Å². The highest BCUT2D eigenvalue weighted by molar-refractivity contribution is 6.05. The summed E-state index contributed by atoms with van der Waals surface area (Å²) in [6.45, 7) is 3.61. The number of amides is 2. The van der Waals surface area contributed by atoms with Gasteiger partial charge in [-0.2, -0.15) is 17.7 Å². The first-order chi connectivity index (χ1) is 15.2. The Labute approximate surface area is 183 Å². The van der Waals surface area contributed by atoms with Crippen molar-refractivity contribution in [3.8, 4) is 0 Å². The van der Waals surface area contributed by atoms with Crippen LogP contribution in [0.3, 0.4) is 0 Å². The van der Waals surface area contributed by atoms with Gasteiger partial charge < -0.3 is 5.32 Å². The van der Waals surface area contributed by atoms with Crippen molar-refractivity contribution in [1.29, 1.82) is 0 Å². The molecule has 0 aliphatic carbocycles. The fourth-order valence-corrected chi connectivity index (χ4v) is 3.96. The summed E-state index contributed by atoms with van der Waals surface area (Å²) in [5.74, 6) is -0.984. The standard InChI is InChI=1S/C24H20F3N3O2/c1-15-7-5-8-16(2)21(15)28-23(32)22-19-11-3-4-12-29(19)14-20(31)30(22)18-10-6-9-17(13-18)24(25,26)27/h3-13,22H,14H2,1-2H3/p+1/t22-/m1/s1. The number of fused-ring (bicyclic) bond motifs is 1. The van der Waals surface area contributed by atoms with E-state index in [1.54, 1.807) is 29.0 Å². The number of carbonyl (C=O) groups excluding carboxylic acids is 2. The number of anilines is 2. The first-order valence-electron chi connectivity index (χ1n) is 10.0. The van der Waals surface area contributed by atoms with E-state index in [1.807, 2.05) is 32.0 Å². The van der Waals surface area contributed by atoms with E-state index in [0.29, 0.717) is 11.4 Å². The fraction of sp³-hybridized carbons (Fsp3) is 0.208. The molecular weight excluding hydrogens is 419 g/mol. The number of aryl methyl sites for hydroxylation is 2. The van der Waals surface area contributed by atoms with Gasteiger partial charge in [-0.15, -0.1) is 0 Å². The largest absolute Gasteiger partial charge is 0.416 e. The van der Waals surface area contributed by atoms with Crippen LogP contribution in [0.25, 0.3) is 0 Å². The van der Waals surface area contributed by atoms with Gasteiger partial charge in [-0.3, -0.25) is 14.5 Å². The van der Waals surface area contributed by atoms with E-state index in [0.717, 1.165) is 28.2 Å². The van der Waals surface area contributed by atoms with Crippen LogP contribution in [0.1, 0.15) is 28.4 Å². The number of aromatic nitrogens is 1. The summed E-state index contributed by atoms with van der Waals surface area (Å²) in [5, 5.41) is 2.89. The number of rotatable bonds is 3. The van der Waals surface area contributed by atoms with Crippen molar-refractivity contribution in [2.75, 3.05) is 10.2 Å². The van der Waals surface area contributed by atoms with Gasteiger partial charge in [-0.1, -0.05) is 30.3 Å². The zero-order chi connectivity index (χ0) is 23.0. The van der Waals surface area contributed by atoms with Gasteiger partial charge in [0.05, 0.1) is 5.56 Å². The minimum atomic E-state index is -4.57. The first-order valence-corrected chi connectivity index (χ1v) is 10.0. The molecule has 3 aromatic rings. The van der Waals surface area contributed by atoms with Crippen molar-refractivity contribution < 1.29 is 27.3 Å². The third-order valence-electron chi connectivity index (χ3n) is 5.52. The summed E-state index contributed by atoms with van der Waals surface area (Å²) in [6, 6.07) is 14.1. The number of carbonyl (C=O) groups is 2. The molecule has 164 valence electrons. The van der Waals surface area contributed by atoms with Crippen LogP contribution in [0.15, 0.2) is 66.9 Å². The van der Waals surface area contributed by atoms with Crippen molar-refractivity contribution in [3.05, 3.63) is 89.2 Å². The molecule has 1 aliphatic heterocycles. The molecule has 2 amide bonds. The quantitative estimate of drug-likeness (QED) is 0.617. The molecule has 4 rings (SSSR count). The predicted molar refractivity (Wildman–Crippen MR) is 113 cm³/mol. The maximum Gasteiger partial charge on any atom is 0.416 e. The van der Waals surface area contributed by atoms with Crippen LogP contribution < -0.4 is 14.8 Å². The number of para-hydroxylation sites is 1. The summed E-state index contributed by atoms with van der Waals surface area (Å²) in [7, 11) is 0. The summed E-state index contributed by atoms with van der Waals surface area (Å²) in [5.41, 5.74) is 1.93.